The molecule has 1 aromatic carbocycles. The number of aliphatic hydroxyl groups excluding tert-OH is 1. The van der Waals surface area contributed by atoms with Gasteiger partial charge in [-0.15, -0.1) is 0 Å². The van der Waals surface area contributed by atoms with Crippen molar-refractivity contribution in [3.63, 3.8) is 0 Å². The Morgan fingerprint density at radius 2 is 2.06 bits per heavy atom. The molecule has 0 amide bonds. The summed E-state index contributed by atoms with van der Waals surface area (Å²) in [6.07, 6.45) is -0.548. The molecule has 0 saturated carbocycles. The maximum absolute atomic E-state index is 10.1. The third-order valence-corrected chi connectivity index (χ3v) is 2.92. The quantitative estimate of drug-likeness (QED) is 0.777. The molecule has 1 unspecified atom stereocenters. The van der Waals surface area contributed by atoms with Crippen LogP contribution in [0.3, 0.4) is 0 Å². The van der Waals surface area contributed by atoms with E-state index in [-0.39, 0.29) is 5.60 Å². The van der Waals surface area contributed by atoms with Gasteiger partial charge >= 0.3 is 0 Å². The molecule has 0 aromatic heterocycles. The summed E-state index contributed by atoms with van der Waals surface area (Å²) in [5.74, 6) is 0.753. The smallest absolute Gasteiger partial charge is 0.119 e. The van der Waals surface area contributed by atoms with Gasteiger partial charge < -0.3 is 19.9 Å². The number of rotatable bonds is 7. The van der Waals surface area contributed by atoms with Gasteiger partial charge in [0.1, 0.15) is 5.75 Å². The van der Waals surface area contributed by atoms with E-state index in [4.69, 9.17) is 9.47 Å². The summed E-state index contributed by atoms with van der Waals surface area (Å²) in [5.41, 5.74) is 0.616. The van der Waals surface area contributed by atoms with E-state index < -0.39 is 6.10 Å². The lowest BCUT2D eigenvalue weighted by Crippen LogP contribution is -2.38. The molecule has 0 aliphatic carbocycles. The number of aliphatic hydroxyl groups is 1. The van der Waals surface area contributed by atoms with Crippen LogP contribution in [-0.2, 0) is 4.74 Å². The zero-order chi connectivity index (χ0) is 13.6. The second kappa shape index (κ2) is 6.73. The molecule has 0 spiro atoms. The minimum Gasteiger partial charge on any atom is -0.497 e. The molecule has 1 rings (SSSR count). The van der Waals surface area contributed by atoms with E-state index in [1.807, 2.05) is 38.1 Å². The standard InChI is InChI=1S/C14H23NO3/c1-14(2,18-4)10-15-9-13(16)11-6-5-7-12(8-11)17-3/h5-8,13,15-16H,9-10H2,1-4H3. The molecule has 0 fully saturated rings. The third-order valence-electron chi connectivity index (χ3n) is 2.92. The van der Waals surface area contributed by atoms with Gasteiger partial charge in [-0.2, -0.15) is 0 Å². The van der Waals surface area contributed by atoms with Gasteiger partial charge in [-0.05, 0) is 31.5 Å². The SMILES string of the molecule is COc1cccc(C(O)CNCC(C)(C)OC)c1. The highest BCUT2D eigenvalue weighted by molar-refractivity contribution is 5.29. The minimum absolute atomic E-state index is 0.228. The van der Waals surface area contributed by atoms with Crippen LogP contribution < -0.4 is 10.1 Å². The molecule has 0 bridgehead atoms. The van der Waals surface area contributed by atoms with Crippen molar-refractivity contribution in [2.24, 2.45) is 0 Å². The van der Waals surface area contributed by atoms with Gasteiger partial charge in [0.25, 0.3) is 0 Å². The second-order valence-electron chi connectivity index (χ2n) is 4.89. The number of ether oxygens (including phenoxy) is 2. The molecule has 102 valence electrons. The summed E-state index contributed by atoms with van der Waals surface area (Å²) in [5, 5.41) is 13.2. The summed E-state index contributed by atoms with van der Waals surface area (Å²) in [6, 6.07) is 7.46. The number of hydrogen-bond donors (Lipinski definition) is 2. The van der Waals surface area contributed by atoms with E-state index in [0.717, 1.165) is 11.3 Å². The zero-order valence-electron chi connectivity index (χ0n) is 11.6. The highest BCUT2D eigenvalue weighted by Gasteiger charge is 2.16. The van der Waals surface area contributed by atoms with E-state index >= 15 is 0 Å². The molecule has 1 atom stereocenters. The molecule has 1 aromatic rings. The Labute approximate surface area is 109 Å². The van der Waals surface area contributed by atoms with Crippen LogP contribution in [0.4, 0.5) is 0 Å². The molecule has 0 saturated heterocycles. The molecular formula is C14H23NO3. The van der Waals surface area contributed by atoms with Crippen molar-refractivity contribution < 1.29 is 14.6 Å². The van der Waals surface area contributed by atoms with E-state index in [1.54, 1.807) is 14.2 Å². The monoisotopic (exact) mass is 253 g/mol. The van der Waals surface area contributed by atoms with Crippen molar-refractivity contribution in [1.29, 1.82) is 0 Å². The van der Waals surface area contributed by atoms with Crippen molar-refractivity contribution in [1.82, 2.24) is 5.32 Å². The van der Waals surface area contributed by atoms with E-state index in [2.05, 4.69) is 5.32 Å². The predicted octanol–water partition coefficient (Wildman–Crippen LogP) is 1.74. The number of benzene rings is 1. The summed E-state index contributed by atoms with van der Waals surface area (Å²) < 4.78 is 10.4. The summed E-state index contributed by atoms with van der Waals surface area (Å²) in [7, 11) is 3.30. The highest BCUT2D eigenvalue weighted by atomic mass is 16.5. The normalized spacial score (nSPS) is 13.4. The van der Waals surface area contributed by atoms with Crippen molar-refractivity contribution >= 4 is 0 Å². The Morgan fingerprint density at radius 1 is 1.33 bits per heavy atom. The lowest BCUT2D eigenvalue weighted by atomic mass is 10.1. The Hall–Kier alpha value is -1.10. The molecule has 0 aliphatic heterocycles. The minimum atomic E-state index is -0.548. The van der Waals surface area contributed by atoms with Gasteiger partial charge in [-0.1, -0.05) is 12.1 Å². The molecule has 4 nitrogen and oxygen atoms in total. The van der Waals surface area contributed by atoms with Crippen LogP contribution in [-0.4, -0.2) is 38.0 Å². The van der Waals surface area contributed by atoms with Gasteiger partial charge in [-0.3, -0.25) is 0 Å². The number of nitrogens with one attached hydrogen (secondary N) is 1. The van der Waals surface area contributed by atoms with Crippen LogP contribution in [0.5, 0.6) is 5.75 Å². The largest absolute Gasteiger partial charge is 0.497 e. The van der Waals surface area contributed by atoms with Crippen molar-refractivity contribution in [3.05, 3.63) is 29.8 Å². The van der Waals surface area contributed by atoms with E-state index in [0.29, 0.717) is 13.1 Å². The summed E-state index contributed by atoms with van der Waals surface area (Å²) in [4.78, 5) is 0. The van der Waals surface area contributed by atoms with Crippen LogP contribution >= 0.6 is 0 Å². The van der Waals surface area contributed by atoms with Crippen LogP contribution in [0.15, 0.2) is 24.3 Å². The third kappa shape index (κ3) is 4.64. The molecular weight excluding hydrogens is 230 g/mol. The fourth-order valence-corrected chi connectivity index (χ4v) is 1.55. The van der Waals surface area contributed by atoms with Crippen LogP contribution in [0.2, 0.25) is 0 Å². The first-order valence-corrected chi connectivity index (χ1v) is 6.06. The fraction of sp³-hybridized carbons (Fsp3) is 0.571. The van der Waals surface area contributed by atoms with Crippen LogP contribution in [0.25, 0.3) is 0 Å². The fourth-order valence-electron chi connectivity index (χ4n) is 1.55. The van der Waals surface area contributed by atoms with Crippen LogP contribution in [0.1, 0.15) is 25.5 Å². The highest BCUT2D eigenvalue weighted by Crippen LogP contribution is 2.18. The van der Waals surface area contributed by atoms with Gasteiger partial charge in [0.2, 0.25) is 0 Å². The van der Waals surface area contributed by atoms with Crippen molar-refractivity contribution in [3.8, 4) is 5.75 Å². The van der Waals surface area contributed by atoms with E-state index in [1.165, 1.54) is 0 Å². The number of hydrogen-bond acceptors (Lipinski definition) is 4. The Kier molecular flexibility index (Phi) is 5.59. The van der Waals surface area contributed by atoms with Gasteiger partial charge in [-0.25, -0.2) is 0 Å². The van der Waals surface area contributed by atoms with Crippen molar-refractivity contribution in [2.75, 3.05) is 27.3 Å². The maximum atomic E-state index is 10.1. The van der Waals surface area contributed by atoms with Gasteiger partial charge in [0, 0.05) is 20.2 Å². The first-order valence-electron chi connectivity index (χ1n) is 6.06. The molecule has 4 heteroatoms. The topological polar surface area (TPSA) is 50.7 Å². The maximum Gasteiger partial charge on any atom is 0.119 e. The molecule has 0 heterocycles. The molecule has 0 radical (unpaired) electrons. The predicted molar refractivity (Wildman–Crippen MR) is 71.9 cm³/mol. The van der Waals surface area contributed by atoms with Gasteiger partial charge in [0.15, 0.2) is 0 Å². The summed E-state index contributed by atoms with van der Waals surface area (Å²) >= 11 is 0. The number of methoxy groups -OCH3 is 2. The lowest BCUT2D eigenvalue weighted by Gasteiger charge is -2.24. The van der Waals surface area contributed by atoms with E-state index in [9.17, 15) is 5.11 Å². The van der Waals surface area contributed by atoms with Gasteiger partial charge in [0.05, 0.1) is 18.8 Å². The Balaban J connectivity index is 2.47. The average Bonchev–Trinajstić information content (AvgIpc) is 2.38. The van der Waals surface area contributed by atoms with Crippen molar-refractivity contribution in [2.45, 2.75) is 25.6 Å². The first-order chi connectivity index (χ1) is 8.48. The lowest BCUT2D eigenvalue weighted by molar-refractivity contribution is 0.0207. The molecule has 18 heavy (non-hydrogen) atoms. The Morgan fingerprint density at radius 3 is 2.67 bits per heavy atom. The summed E-state index contributed by atoms with van der Waals surface area (Å²) in [6.45, 7) is 5.17. The molecule has 0 aliphatic rings. The van der Waals surface area contributed by atoms with Crippen LogP contribution in [0, 0.1) is 0 Å². The zero-order valence-corrected chi connectivity index (χ0v) is 11.6. The second-order valence-corrected chi connectivity index (χ2v) is 4.89. The molecule has 2 N–H and O–H groups in total. The Bertz CT molecular complexity index is 366. The first kappa shape index (κ1) is 15.0. The average molecular weight is 253 g/mol.